The third-order valence-electron chi connectivity index (χ3n) is 3.94. The molecule has 1 fully saturated rings. The first-order valence-electron chi connectivity index (χ1n) is 6.61. The second-order valence-corrected chi connectivity index (χ2v) is 5.30. The van der Waals surface area contributed by atoms with Gasteiger partial charge >= 0.3 is 0 Å². The van der Waals surface area contributed by atoms with E-state index in [1.807, 2.05) is 37.3 Å². The van der Waals surface area contributed by atoms with Crippen molar-refractivity contribution < 1.29 is 9.59 Å². The lowest BCUT2D eigenvalue weighted by Gasteiger charge is -2.42. The summed E-state index contributed by atoms with van der Waals surface area (Å²) in [5.41, 5.74) is 0.293. The van der Waals surface area contributed by atoms with Crippen molar-refractivity contribution in [3.63, 3.8) is 0 Å². The average Bonchev–Trinajstić information content (AvgIpc) is 2.42. The molecule has 1 saturated heterocycles. The number of rotatable bonds is 3. The summed E-state index contributed by atoms with van der Waals surface area (Å²) < 4.78 is 0. The Hall–Kier alpha value is -1.84. The average molecular weight is 260 g/mol. The zero-order chi connectivity index (χ0) is 14.0. The largest absolute Gasteiger partial charge is 0.340 e. The fourth-order valence-electron chi connectivity index (χ4n) is 2.42. The fraction of sp³-hybridized carbons (Fsp3) is 0.467. The highest BCUT2D eigenvalue weighted by atomic mass is 16.2. The second kappa shape index (κ2) is 5.03. The first-order chi connectivity index (χ1) is 8.98. The van der Waals surface area contributed by atoms with Crippen molar-refractivity contribution >= 4 is 11.8 Å². The topological polar surface area (TPSA) is 49.4 Å². The molecule has 0 bridgehead atoms. The lowest BCUT2D eigenvalue weighted by Crippen LogP contribution is -2.68. The van der Waals surface area contributed by atoms with Gasteiger partial charge in [0.15, 0.2) is 0 Å². The minimum atomic E-state index is -0.765. The van der Waals surface area contributed by atoms with Gasteiger partial charge in [0.05, 0.1) is 0 Å². The minimum Gasteiger partial charge on any atom is -0.340 e. The molecular formula is C15H20N2O2. The molecule has 102 valence electrons. The molecule has 1 N–H and O–H groups in total. The third-order valence-corrected chi connectivity index (χ3v) is 3.94. The van der Waals surface area contributed by atoms with Crippen LogP contribution in [0.2, 0.25) is 0 Å². The van der Waals surface area contributed by atoms with Crippen LogP contribution < -0.4 is 5.32 Å². The van der Waals surface area contributed by atoms with Gasteiger partial charge in [0.2, 0.25) is 11.8 Å². The van der Waals surface area contributed by atoms with E-state index in [4.69, 9.17) is 0 Å². The molecule has 2 atom stereocenters. The molecular weight excluding hydrogens is 240 g/mol. The number of nitrogens with one attached hydrogen (secondary N) is 1. The maximum Gasteiger partial charge on any atom is 0.248 e. The Morgan fingerprint density at radius 3 is 2.47 bits per heavy atom. The Morgan fingerprint density at radius 2 is 1.89 bits per heavy atom. The van der Waals surface area contributed by atoms with Gasteiger partial charge in [0, 0.05) is 13.5 Å². The molecule has 0 aromatic heterocycles. The number of amides is 2. The lowest BCUT2D eigenvalue weighted by atomic mass is 9.90. The van der Waals surface area contributed by atoms with Gasteiger partial charge in [-0.3, -0.25) is 9.59 Å². The summed E-state index contributed by atoms with van der Waals surface area (Å²) >= 11 is 0. The summed E-state index contributed by atoms with van der Waals surface area (Å²) in [5, 5.41) is 2.86. The highest BCUT2D eigenvalue weighted by Gasteiger charge is 2.45. The van der Waals surface area contributed by atoms with Gasteiger partial charge in [-0.2, -0.15) is 0 Å². The number of hydrogen-bond acceptors (Lipinski definition) is 2. The number of benzene rings is 1. The van der Waals surface area contributed by atoms with Gasteiger partial charge in [0.25, 0.3) is 0 Å². The smallest absolute Gasteiger partial charge is 0.248 e. The molecule has 0 saturated carbocycles. The van der Waals surface area contributed by atoms with Crippen LogP contribution >= 0.6 is 0 Å². The molecule has 19 heavy (non-hydrogen) atoms. The van der Waals surface area contributed by atoms with Crippen LogP contribution in [0.1, 0.15) is 25.8 Å². The molecule has 1 aliphatic rings. The molecule has 1 aromatic carbocycles. The van der Waals surface area contributed by atoms with Gasteiger partial charge < -0.3 is 10.2 Å². The van der Waals surface area contributed by atoms with Crippen LogP contribution in [0.3, 0.4) is 0 Å². The van der Waals surface area contributed by atoms with Crippen LogP contribution in [-0.4, -0.2) is 35.3 Å². The van der Waals surface area contributed by atoms with E-state index >= 15 is 0 Å². The van der Waals surface area contributed by atoms with E-state index in [9.17, 15) is 9.59 Å². The molecule has 0 aliphatic carbocycles. The number of piperazine rings is 1. The fourth-order valence-corrected chi connectivity index (χ4v) is 2.42. The van der Waals surface area contributed by atoms with E-state index < -0.39 is 11.6 Å². The summed E-state index contributed by atoms with van der Waals surface area (Å²) in [6.45, 7) is 3.69. The van der Waals surface area contributed by atoms with Gasteiger partial charge in [-0.1, -0.05) is 37.3 Å². The number of likely N-dealkylation sites (N-methyl/N-ethyl adjacent to an activating group) is 1. The van der Waals surface area contributed by atoms with Crippen molar-refractivity contribution in [2.75, 3.05) is 7.05 Å². The summed E-state index contributed by atoms with van der Waals surface area (Å²) in [7, 11) is 1.71. The molecule has 2 amide bonds. The zero-order valence-electron chi connectivity index (χ0n) is 11.6. The Morgan fingerprint density at radius 1 is 1.26 bits per heavy atom. The Bertz CT molecular complexity index is 486. The van der Waals surface area contributed by atoms with Gasteiger partial charge in [-0.25, -0.2) is 0 Å². The van der Waals surface area contributed by atoms with E-state index in [-0.39, 0.29) is 11.8 Å². The van der Waals surface area contributed by atoms with Crippen molar-refractivity contribution in [3.8, 4) is 0 Å². The number of carbonyl (C=O) groups excluding carboxylic acids is 2. The summed E-state index contributed by atoms with van der Waals surface area (Å²) in [5.74, 6) is -0.0918. The first kappa shape index (κ1) is 13.6. The van der Waals surface area contributed by atoms with Crippen LogP contribution in [0.15, 0.2) is 30.3 Å². The van der Waals surface area contributed by atoms with Crippen LogP contribution in [-0.2, 0) is 16.0 Å². The second-order valence-electron chi connectivity index (χ2n) is 5.30. The highest BCUT2D eigenvalue weighted by molar-refractivity contribution is 5.99. The van der Waals surface area contributed by atoms with Crippen LogP contribution in [0.4, 0.5) is 0 Å². The molecule has 4 heteroatoms. The van der Waals surface area contributed by atoms with E-state index in [0.717, 1.165) is 5.56 Å². The Labute approximate surface area is 113 Å². The maximum absolute atomic E-state index is 12.3. The van der Waals surface area contributed by atoms with Gasteiger partial charge in [-0.15, -0.1) is 0 Å². The number of carbonyl (C=O) groups is 2. The van der Waals surface area contributed by atoms with Crippen molar-refractivity contribution in [3.05, 3.63) is 35.9 Å². The van der Waals surface area contributed by atoms with Crippen molar-refractivity contribution in [2.45, 2.75) is 38.3 Å². The SMILES string of the molecule is CCC1(C)NC(=O)C(Cc2ccccc2)N(C)C1=O. The molecule has 0 radical (unpaired) electrons. The zero-order valence-corrected chi connectivity index (χ0v) is 11.6. The van der Waals surface area contributed by atoms with E-state index in [2.05, 4.69) is 5.32 Å². The van der Waals surface area contributed by atoms with Gasteiger partial charge in [-0.05, 0) is 18.9 Å². The molecule has 2 unspecified atom stereocenters. The van der Waals surface area contributed by atoms with Crippen LogP contribution in [0.5, 0.6) is 0 Å². The monoisotopic (exact) mass is 260 g/mol. The van der Waals surface area contributed by atoms with E-state index in [1.54, 1.807) is 18.9 Å². The third kappa shape index (κ3) is 2.48. The number of hydrogen-bond donors (Lipinski definition) is 1. The molecule has 1 aliphatic heterocycles. The van der Waals surface area contributed by atoms with Crippen LogP contribution in [0.25, 0.3) is 0 Å². The summed E-state index contributed by atoms with van der Waals surface area (Å²) in [6.07, 6.45) is 1.15. The summed E-state index contributed by atoms with van der Waals surface area (Å²) in [4.78, 5) is 26.1. The summed E-state index contributed by atoms with van der Waals surface area (Å²) in [6, 6.07) is 9.34. The van der Waals surface area contributed by atoms with Crippen LogP contribution in [0, 0.1) is 0 Å². The van der Waals surface area contributed by atoms with E-state index in [0.29, 0.717) is 12.8 Å². The number of nitrogens with zero attached hydrogens (tertiary/aromatic N) is 1. The van der Waals surface area contributed by atoms with Gasteiger partial charge in [0.1, 0.15) is 11.6 Å². The normalized spacial score (nSPS) is 27.3. The quantitative estimate of drug-likeness (QED) is 0.892. The van der Waals surface area contributed by atoms with Crippen molar-refractivity contribution in [2.24, 2.45) is 0 Å². The Kier molecular flexibility index (Phi) is 3.60. The lowest BCUT2D eigenvalue weighted by molar-refractivity contribution is -0.152. The molecule has 1 aromatic rings. The first-order valence-corrected chi connectivity index (χ1v) is 6.61. The van der Waals surface area contributed by atoms with Crippen molar-refractivity contribution in [1.29, 1.82) is 0 Å². The maximum atomic E-state index is 12.3. The standard InChI is InChI=1S/C15H20N2O2/c1-4-15(2)14(19)17(3)12(13(18)16-15)10-11-8-6-5-7-9-11/h5-9,12H,4,10H2,1-3H3,(H,16,18). The highest BCUT2D eigenvalue weighted by Crippen LogP contribution is 2.22. The predicted molar refractivity (Wildman–Crippen MR) is 73.5 cm³/mol. The van der Waals surface area contributed by atoms with E-state index in [1.165, 1.54) is 0 Å². The molecule has 0 spiro atoms. The predicted octanol–water partition coefficient (Wildman–Crippen LogP) is 1.35. The molecule has 2 rings (SSSR count). The minimum absolute atomic E-state index is 0.0180. The Balaban J connectivity index is 2.19. The van der Waals surface area contributed by atoms with Crippen molar-refractivity contribution in [1.82, 2.24) is 10.2 Å². The molecule has 1 heterocycles. The molecule has 4 nitrogen and oxygen atoms in total.